The second kappa shape index (κ2) is 9.87. The molecule has 8 heteroatoms. The third-order valence-corrected chi connectivity index (χ3v) is 5.53. The summed E-state index contributed by atoms with van der Waals surface area (Å²) < 4.78 is 5.33. The molecule has 28 heavy (non-hydrogen) atoms. The SMILES string of the molecule is N#Cc1ccc(NC(=O)CCN2CCCCC2C(=O)N2CCOCC2)cc1Cl. The van der Waals surface area contributed by atoms with Crippen LogP contribution in [0.4, 0.5) is 5.69 Å². The highest BCUT2D eigenvalue weighted by molar-refractivity contribution is 6.32. The number of amides is 2. The number of nitrogens with zero attached hydrogens (tertiary/aromatic N) is 3. The van der Waals surface area contributed by atoms with Gasteiger partial charge in [-0.05, 0) is 37.6 Å². The molecule has 0 spiro atoms. The molecule has 1 atom stereocenters. The molecule has 2 saturated heterocycles. The average molecular weight is 405 g/mol. The smallest absolute Gasteiger partial charge is 0.240 e. The van der Waals surface area contributed by atoms with Crippen LogP contribution in [0.2, 0.25) is 5.02 Å². The van der Waals surface area contributed by atoms with Crippen molar-refractivity contribution in [2.75, 3.05) is 44.7 Å². The molecule has 0 aliphatic carbocycles. The number of likely N-dealkylation sites (tertiary alicyclic amines) is 1. The Morgan fingerprint density at radius 3 is 2.75 bits per heavy atom. The molecular weight excluding hydrogens is 380 g/mol. The maximum absolute atomic E-state index is 12.9. The second-order valence-corrected chi connectivity index (χ2v) is 7.50. The van der Waals surface area contributed by atoms with Crippen molar-refractivity contribution in [3.8, 4) is 6.07 Å². The van der Waals surface area contributed by atoms with Crippen LogP contribution >= 0.6 is 11.6 Å². The number of hydrogen-bond donors (Lipinski definition) is 1. The van der Waals surface area contributed by atoms with E-state index in [0.29, 0.717) is 55.5 Å². The molecule has 1 aromatic carbocycles. The summed E-state index contributed by atoms with van der Waals surface area (Å²) in [6, 6.07) is 6.66. The number of carbonyl (C=O) groups excluding carboxylic acids is 2. The molecule has 2 fully saturated rings. The van der Waals surface area contributed by atoms with Gasteiger partial charge in [-0.2, -0.15) is 5.26 Å². The zero-order chi connectivity index (χ0) is 19.9. The maximum atomic E-state index is 12.9. The normalized spacial score (nSPS) is 20.4. The van der Waals surface area contributed by atoms with Crippen LogP contribution in [0.1, 0.15) is 31.2 Å². The standard InChI is InChI=1S/C20H25ClN4O3/c21-17-13-16(5-4-15(17)14-22)23-19(26)6-8-24-7-2-1-3-18(24)20(27)25-9-11-28-12-10-25/h4-5,13,18H,1-3,6-12H2,(H,23,26). The molecule has 150 valence electrons. The predicted octanol–water partition coefficient (Wildman–Crippen LogP) is 2.25. The van der Waals surface area contributed by atoms with Crippen molar-refractivity contribution in [1.82, 2.24) is 9.80 Å². The topological polar surface area (TPSA) is 85.7 Å². The number of ether oxygens (including phenoxy) is 1. The minimum Gasteiger partial charge on any atom is -0.378 e. The van der Waals surface area contributed by atoms with Gasteiger partial charge in [0, 0.05) is 31.7 Å². The molecular formula is C20H25ClN4O3. The Labute approximate surface area is 170 Å². The van der Waals surface area contributed by atoms with Crippen LogP contribution in [0.25, 0.3) is 0 Å². The summed E-state index contributed by atoms with van der Waals surface area (Å²) in [6.45, 7) is 3.83. The first kappa shape index (κ1) is 20.6. The van der Waals surface area contributed by atoms with Gasteiger partial charge >= 0.3 is 0 Å². The molecule has 2 aliphatic heterocycles. The van der Waals surface area contributed by atoms with Gasteiger partial charge in [-0.1, -0.05) is 18.0 Å². The summed E-state index contributed by atoms with van der Waals surface area (Å²) in [4.78, 5) is 29.2. The van der Waals surface area contributed by atoms with Crippen molar-refractivity contribution in [1.29, 1.82) is 5.26 Å². The lowest BCUT2D eigenvalue weighted by atomic mass is 10.00. The number of hydrogen-bond acceptors (Lipinski definition) is 5. The third kappa shape index (κ3) is 5.22. The Morgan fingerprint density at radius 2 is 2.04 bits per heavy atom. The monoisotopic (exact) mass is 404 g/mol. The Hall–Kier alpha value is -2.14. The van der Waals surface area contributed by atoms with Gasteiger partial charge in [-0.3, -0.25) is 14.5 Å². The number of nitriles is 1. The van der Waals surface area contributed by atoms with Gasteiger partial charge in [0.15, 0.2) is 0 Å². The molecule has 0 bridgehead atoms. The fraction of sp³-hybridized carbons (Fsp3) is 0.550. The van der Waals surface area contributed by atoms with E-state index in [1.165, 1.54) is 0 Å². The van der Waals surface area contributed by atoms with Crippen molar-refractivity contribution in [3.63, 3.8) is 0 Å². The van der Waals surface area contributed by atoms with E-state index in [1.807, 2.05) is 11.0 Å². The fourth-order valence-electron chi connectivity index (χ4n) is 3.68. The van der Waals surface area contributed by atoms with E-state index < -0.39 is 0 Å². The largest absolute Gasteiger partial charge is 0.378 e. The Bertz CT molecular complexity index is 758. The van der Waals surface area contributed by atoms with Gasteiger partial charge in [-0.15, -0.1) is 0 Å². The number of morpholine rings is 1. The zero-order valence-electron chi connectivity index (χ0n) is 15.8. The summed E-state index contributed by atoms with van der Waals surface area (Å²) in [6.07, 6.45) is 3.21. The molecule has 7 nitrogen and oxygen atoms in total. The Balaban J connectivity index is 1.54. The first-order valence-corrected chi connectivity index (χ1v) is 10.1. The minimum absolute atomic E-state index is 0.135. The molecule has 0 saturated carbocycles. The number of nitrogens with one attached hydrogen (secondary N) is 1. The molecule has 2 aliphatic rings. The number of benzene rings is 1. The number of carbonyl (C=O) groups is 2. The summed E-state index contributed by atoms with van der Waals surface area (Å²) in [5, 5.41) is 12.0. The number of anilines is 1. The highest BCUT2D eigenvalue weighted by atomic mass is 35.5. The van der Waals surface area contributed by atoms with E-state index in [9.17, 15) is 9.59 Å². The van der Waals surface area contributed by atoms with Crippen molar-refractivity contribution in [3.05, 3.63) is 28.8 Å². The lowest BCUT2D eigenvalue weighted by molar-refractivity contribution is -0.142. The Morgan fingerprint density at radius 1 is 1.25 bits per heavy atom. The molecule has 1 aromatic rings. The molecule has 2 amide bonds. The molecule has 1 unspecified atom stereocenters. The first-order chi connectivity index (χ1) is 13.6. The Kier molecular flexibility index (Phi) is 7.26. The van der Waals surface area contributed by atoms with Gasteiger partial charge in [0.05, 0.1) is 29.8 Å². The predicted molar refractivity (Wildman–Crippen MR) is 106 cm³/mol. The maximum Gasteiger partial charge on any atom is 0.240 e. The van der Waals surface area contributed by atoms with E-state index >= 15 is 0 Å². The third-order valence-electron chi connectivity index (χ3n) is 5.22. The van der Waals surface area contributed by atoms with Crippen LogP contribution < -0.4 is 5.32 Å². The first-order valence-electron chi connectivity index (χ1n) is 9.68. The van der Waals surface area contributed by atoms with E-state index in [2.05, 4.69) is 10.2 Å². The number of rotatable bonds is 5. The van der Waals surface area contributed by atoms with Crippen LogP contribution in [0.3, 0.4) is 0 Å². The molecule has 0 radical (unpaired) electrons. The average Bonchev–Trinajstić information content (AvgIpc) is 2.73. The second-order valence-electron chi connectivity index (χ2n) is 7.09. The summed E-state index contributed by atoms with van der Waals surface area (Å²) in [5.41, 5.74) is 0.936. The van der Waals surface area contributed by atoms with Crippen LogP contribution in [-0.2, 0) is 14.3 Å². The van der Waals surface area contributed by atoms with Gasteiger partial charge < -0.3 is 15.0 Å². The highest BCUT2D eigenvalue weighted by Crippen LogP contribution is 2.22. The summed E-state index contributed by atoms with van der Waals surface area (Å²) >= 11 is 6.01. The van der Waals surface area contributed by atoms with Gasteiger partial charge in [0.1, 0.15) is 6.07 Å². The lowest BCUT2D eigenvalue weighted by Gasteiger charge is -2.38. The summed E-state index contributed by atoms with van der Waals surface area (Å²) in [5.74, 6) is 0.0196. The lowest BCUT2D eigenvalue weighted by Crippen LogP contribution is -2.53. The molecule has 2 heterocycles. The van der Waals surface area contributed by atoms with Crippen LogP contribution in [0, 0.1) is 11.3 Å². The zero-order valence-corrected chi connectivity index (χ0v) is 16.6. The van der Waals surface area contributed by atoms with Crippen LogP contribution in [0.15, 0.2) is 18.2 Å². The fourth-order valence-corrected chi connectivity index (χ4v) is 3.91. The van der Waals surface area contributed by atoms with Crippen molar-refractivity contribution in [2.45, 2.75) is 31.7 Å². The molecule has 1 N–H and O–H groups in total. The minimum atomic E-state index is -0.149. The van der Waals surface area contributed by atoms with E-state index in [0.717, 1.165) is 25.8 Å². The van der Waals surface area contributed by atoms with Crippen molar-refractivity contribution >= 4 is 29.1 Å². The van der Waals surface area contributed by atoms with Crippen LogP contribution in [0.5, 0.6) is 0 Å². The molecule has 3 rings (SSSR count). The van der Waals surface area contributed by atoms with Crippen LogP contribution in [-0.4, -0.2) is 67.0 Å². The van der Waals surface area contributed by atoms with E-state index in [4.69, 9.17) is 21.6 Å². The van der Waals surface area contributed by atoms with E-state index in [-0.39, 0.29) is 17.9 Å². The van der Waals surface area contributed by atoms with Gasteiger partial charge in [-0.25, -0.2) is 0 Å². The van der Waals surface area contributed by atoms with Crippen molar-refractivity contribution < 1.29 is 14.3 Å². The van der Waals surface area contributed by atoms with Gasteiger partial charge in [0.25, 0.3) is 0 Å². The van der Waals surface area contributed by atoms with E-state index in [1.54, 1.807) is 18.2 Å². The number of halogens is 1. The number of piperidine rings is 1. The highest BCUT2D eigenvalue weighted by Gasteiger charge is 2.32. The van der Waals surface area contributed by atoms with Gasteiger partial charge in [0.2, 0.25) is 11.8 Å². The van der Waals surface area contributed by atoms with Crippen molar-refractivity contribution in [2.24, 2.45) is 0 Å². The quantitative estimate of drug-likeness (QED) is 0.813. The summed E-state index contributed by atoms with van der Waals surface area (Å²) in [7, 11) is 0. The molecule has 0 aromatic heterocycles.